The molecule has 1 fully saturated rings. The number of hydrogen-bond acceptors (Lipinski definition) is 4. The molecule has 1 N–H and O–H groups in total. The average Bonchev–Trinajstić information content (AvgIpc) is 2.44. The van der Waals surface area contributed by atoms with Crippen molar-refractivity contribution in [3.05, 3.63) is 23.8 Å². The number of methoxy groups -OCH3 is 1. The van der Waals surface area contributed by atoms with Gasteiger partial charge in [-0.05, 0) is 26.1 Å². The lowest BCUT2D eigenvalue weighted by Gasteiger charge is -2.38. The summed E-state index contributed by atoms with van der Waals surface area (Å²) < 4.78 is 5.58. The van der Waals surface area contributed by atoms with Crippen molar-refractivity contribution in [2.75, 3.05) is 32.1 Å². The quantitative estimate of drug-likeness (QED) is 0.921. The topological polar surface area (TPSA) is 24.5 Å². The molecule has 0 aliphatic carbocycles. The molecule has 3 unspecified atom stereocenters. The van der Waals surface area contributed by atoms with E-state index in [9.17, 15) is 0 Å². The van der Waals surface area contributed by atoms with E-state index in [0.29, 0.717) is 10.5 Å². The first-order valence-electron chi connectivity index (χ1n) is 7.31. The van der Waals surface area contributed by atoms with Gasteiger partial charge in [0.1, 0.15) is 5.75 Å². The van der Waals surface area contributed by atoms with Gasteiger partial charge in [0, 0.05) is 40.9 Å². The summed E-state index contributed by atoms with van der Waals surface area (Å²) in [6.07, 6.45) is 0. The van der Waals surface area contributed by atoms with Crippen molar-refractivity contribution in [3.8, 4) is 5.75 Å². The molecule has 3 atom stereocenters. The van der Waals surface area contributed by atoms with Crippen molar-refractivity contribution in [1.82, 2.24) is 5.32 Å². The van der Waals surface area contributed by atoms with Crippen LogP contribution < -0.4 is 15.0 Å². The van der Waals surface area contributed by atoms with Crippen molar-refractivity contribution in [2.24, 2.45) is 0 Å². The molecule has 1 heterocycles. The first-order valence-corrected chi connectivity index (χ1v) is 8.25. The molecule has 4 heteroatoms. The summed E-state index contributed by atoms with van der Waals surface area (Å²) in [7, 11) is 3.75. The Hall–Kier alpha value is -0.870. The number of benzene rings is 1. The zero-order chi connectivity index (χ0) is 14.7. The summed E-state index contributed by atoms with van der Waals surface area (Å²) in [6.45, 7) is 9.02. The minimum atomic E-state index is 0.279. The molecule has 0 amide bonds. The van der Waals surface area contributed by atoms with Crippen molar-refractivity contribution in [2.45, 2.75) is 37.3 Å². The molecule has 0 radical (unpaired) electrons. The molecule has 1 saturated heterocycles. The summed E-state index contributed by atoms with van der Waals surface area (Å²) in [5, 5.41) is 4.68. The Kier molecular flexibility index (Phi) is 5.22. The minimum absolute atomic E-state index is 0.279. The van der Waals surface area contributed by atoms with Crippen LogP contribution in [0.4, 0.5) is 5.69 Å². The van der Waals surface area contributed by atoms with E-state index in [-0.39, 0.29) is 6.04 Å². The van der Waals surface area contributed by atoms with Crippen molar-refractivity contribution < 1.29 is 4.74 Å². The minimum Gasteiger partial charge on any atom is -0.496 e. The molecule has 1 aliphatic rings. The van der Waals surface area contributed by atoms with Crippen molar-refractivity contribution in [1.29, 1.82) is 0 Å². The summed E-state index contributed by atoms with van der Waals surface area (Å²) >= 11 is 2.08. The van der Waals surface area contributed by atoms with E-state index in [1.54, 1.807) is 7.11 Å². The normalized spacial score (nSPS) is 24.6. The van der Waals surface area contributed by atoms with E-state index < -0.39 is 0 Å². The van der Waals surface area contributed by atoms with Crippen LogP contribution in [0.15, 0.2) is 18.2 Å². The number of nitrogens with one attached hydrogen (secondary N) is 1. The number of nitrogens with zero attached hydrogens (tertiary/aromatic N) is 1. The lowest BCUT2D eigenvalue weighted by molar-refractivity contribution is 0.403. The van der Waals surface area contributed by atoms with E-state index in [2.05, 4.69) is 60.9 Å². The molecule has 1 aromatic rings. The molecule has 0 saturated carbocycles. The van der Waals surface area contributed by atoms with Gasteiger partial charge in [-0.25, -0.2) is 0 Å². The van der Waals surface area contributed by atoms with Crippen LogP contribution in [-0.2, 0) is 0 Å². The van der Waals surface area contributed by atoms with Gasteiger partial charge in [0.25, 0.3) is 0 Å². The third-order valence-corrected chi connectivity index (χ3v) is 5.12. The molecule has 2 rings (SSSR count). The lowest BCUT2D eigenvalue weighted by atomic mass is 10.0. The maximum Gasteiger partial charge on any atom is 0.125 e. The second kappa shape index (κ2) is 6.72. The van der Waals surface area contributed by atoms with Crippen LogP contribution >= 0.6 is 11.8 Å². The fourth-order valence-corrected chi connectivity index (χ4v) is 4.27. The molecule has 3 nitrogen and oxygen atoms in total. The number of hydrogen-bond donors (Lipinski definition) is 1. The zero-order valence-electron chi connectivity index (χ0n) is 13.1. The van der Waals surface area contributed by atoms with Crippen LogP contribution in [0.5, 0.6) is 5.75 Å². The Morgan fingerprint density at radius 2 is 1.95 bits per heavy atom. The van der Waals surface area contributed by atoms with Gasteiger partial charge in [-0.3, -0.25) is 0 Å². The fourth-order valence-electron chi connectivity index (χ4n) is 2.94. The number of ether oxygens (including phenoxy) is 1. The third-order valence-electron chi connectivity index (χ3n) is 3.89. The number of rotatable bonds is 4. The van der Waals surface area contributed by atoms with Gasteiger partial charge < -0.3 is 15.0 Å². The summed E-state index contributed by atoms with van der Waals surface area (Å²) in [6, 6.07) is 6.65. The Morgan fingerprint density at radius 1 is 1.30 bits per heavy atom. The average molecular weight is 294 g/mol. The van der Waals surface area contributed by atoms with Crippen LogP contribution in [-0.4, -0.2) is 37.7 Å². The molecule has 0 aromatic heterocycles. The molecule has 0 bridgehead atoms. The maximum absolute atomic E-state index is 5.58. The Bertz CT molecular complexity index is 442. The second-order valence-corrected chi connectivity index (χ2v) is 7.45. The van der Waals surface area contributed by atoms with Gasteiger partial charge in [0.05, 0.1) is 7.11 Å². The predicted octanol–water partition coefficient (Wildman–Crippen LogP) is 3.31. The van der Waals surface area contributed by atoms with E-state index in [4.69, 9.17) is 4.74 Å². The molecule has 0 spiro atoms. The molecule has 1 aromatic carbocycles. The summed E-state index contributed by atoms with van der Waals surface area (Å²) in [5.41, 5.74) is 2.58. The summed E-state index contributed by atoms with van der Waals surface area (Å²) in [4.78, 5) is 2.51. The molecule has 1 aliphatic heterocycles. The highest BCUT2D eigenvalue weighted by Gasteiger charge is 2.26. The standard InChI is InChI=1S/C16H26N2OS/c1-11-9-18(10-12(2)20-11)14-7-6-8-15(19-5)16(14)13(3)17-4/h6-8,11-13,17H,9-10H2,1-5H3. The van der Waals surface area contributed by atoms with Crippen LogP contribution in [0.25, 0.3) is 0 Å². The van der Waals surface area contributed by atoms with Crippen molar-refractivity contribution in [3.63, 3.8) is 0 Å². The molecular weight excluding hydrogens is 268 g/mol. The Balaban J connectivity index is 2.39. The smallest absolute Gasteiger partial charge is 0.125 e. The predicted molar refractivity (Wildman–Crippen MR) is 89.2 cm³/mol. The zero-order valence-corrected chi connectivity index (χ0v) is 14.0. The van der Waals surface area contributed by atoms with Crippen molar-refractivity contribution >= 4 is 17.4 Å². The largest absolute Gasteiger partial charge is 0.496 e. The fraction of sp³-hybridized carbons (Fsp3) is 0.625. The molecule has 20 heavy (non-hydrogen) atoms. The molecular formula is C16H26N2OS. The monoisotopic (exact) mass is 294 g/mol. The van der Waals surface area contributed by atoms with Crippen LogP contribution in [0.2, 0.25) is 0 Å². The maximum atomic E-state index is 5.58. The first kappa shape index (κ1) is 15.5. The highest BCUT2D eigenvalue weighted by atomic mass is 32.2. The van der Waals surface area contributed by atoms with Crippen LogP contribution in [0, 0.1) is 0 Å². The van der Waals surface area contributed by atoms with Crippen LogP contribution in [0.3, 0.4) is 0 Å². The Morgan fingerprint density at radius 3 is 2.50 bits per heavy atom. The van der Waals surface area contributed by atoms with Gasteiger partial charge in [-0.15, -0.1) is 0 Å². The van der Waals surface area contributed by atoms with E-state index in [0.717, 1.165) is 18.8 Å². The number of thioether (sulfide) groups is 1. The summed E-state index contributed by atoms with van der Waals surface area (Å²) in [5.74, 6) is 0.975. The third kappa shape index (κ3) is 3.23. The Labute approximate surface area is 127 Å². The molecule has 112 valence electrons. The lowest BCUT2D eigenvalue weighted by Crippen LogP contribution is -2.41. The highest BCUT2D eigenvalue weighted by molar-refractivity contribution is 8.00. The number of anilines is 1. The van der Waals surface area contributed by atoms with Gasteiger partial charge in [0.15, 0.2) is 0 Å². The van der Waals surface area contributed by atoms with Gasteiger partial charge in [-0.1, -0.05) is 19.9 Å². The van der Waals surface area contributed by atoms with Crippen LogP contribution in [0.1, 0.15) is 32.4 Å². The van der Waals surface area contributed by atoms with Gasteiger partial charge >= 0.3 is 0 Å². The van der Waals surface area contributed by atoms with E-state index >= 15 is 0 Å². The van der Waals surface area contributed by atoms with E-state index in [1.165, 1.54) is 11.3 Å². The van der Waals surface area contributed by atoms with Gasteiger partial charge in [0.2, 0.25) is 0 Å². The highest BCUT2D eigenvalue weighted by Crippen LogP contribution is 2.37. The second-order valence-electron chi connectivity index (χ2n) is 5.57. The van der Waals surface area contributed by atoms with E-state index in [1.807, 2.05) is 7.05 Å². The SMILES string of the molecule is CNC(C)c1c(OC)cccc1N1CC(C)SC(C)C1. The first-order chi connectivity index (χ1) is 9.56. The van der Waals surface area contributed by atoms with Gasteiger partial charge in [-0.2, -0.15) is 11.8 Å².